The molecule has 96 valence electrons. The predicted molar refractivity (Wildman–Crippen MR) is 79.0 cm³/mol. The molecule has 0 spiro atoms. The Bertz CT molecular complexity index is 924. The minimum absolute atomic E-state index is 0.241. The van der Waals surface area contributed by atoms with Crippen molar-refractivity contribution in [2.45, 2.75) is 0 Å². The molecular weight excluding hydrogens is 251 g/mol. The minimum atomic E-state index is -0.241. The minimum Gasteiger partial charge on any atom is -0.358 e. The van der Waals surface area contributed by atoms with Crippen LogP contribution in [0.3, 0.4) is 0 Å². The summed E-state index contributed by atoms with van der Waals surface area (Å²) in [6, 6.07) is 17.0. The van der Waals surface area contributed by atoms with E-state index in [2.05, 4.69) is 9.97 Å². The number of aromatic amines is 1. The molecule has 2 aromatic heterocycles. The van der Waals surface area contributed by atoms with E-state index in [-0.39, 0.29) is 5.82 Å². The number of aromatic nitrogens is 2. The van der Waals surface area contributed by atoms with Crippen LogP contribution in [0.15, 0.2) is 60.8 Å². The van der Waals surface area contributed by atoms with E-state index in [1.54, 1.807) is 6.07 Å². The molecule has 0 saturated carbocycles. The summed E-state index contributed by atoms with van der Waals surface area (Å²) >= 11 is 0. The maximum atomic E-state index is 13.7. The van der Waals surface area contributed by atoms with Crippen LogP contribution < -0.4 is 0 Å². The number of nitrogens with zero attached hydrogens (tertiary/aromatic N) is 1. The van der Waals surface area contributed by atoms with E-state index in [0.29, 0.717) is 5.52 Å². The van der Waals surface area contributed by atoms with Gasteiger partial charge in [-0.3, -0.25) is 0 Å². The highest BCUT2D eigenvalue weighted by molar-refractivity contribution is 5.96. The van der Waals surface area contributed by atoms with Crippen molar-refractivity contribution in [3.8, 4) is 11.3 Å². The van der Waals surface area contributed by atoms with Crippen molar-refractivity contribution in [1.29, 1.82) is 0 Å². The molecule has 0 aliphatic rings. The van der Waals surface area contributed by atoms with Crippen molar-refractivity contribution in [2.75, 3.05) is 0 Å². The summed E-state index contributed by atoms with van der Waals surface area (Å²) in [6.07, 6.45) is 1.81. The van der Waals surface area contributed by atoms with Gasteiger partial charge in [-0.2, -0.15) is 0 Å². The van der Waals surface area contributed by atoms with Gasteiger partial charge < -0.3 is 4.98 Å². The van der Waals surface area contributed by atoms with Crippen LogP contribution in [-0.2, 0) is 0 Å². The lowest BCUT2D eigenvalue weighted by Gasteiger charge is -2.02. The van der Waals surface area contributed by atoms with Gasteiger partial charge in [-0.1, -0.05) is 36.4 Å². The zero-order chi connectivity index (χ0) is 13.5. The number of rotatable bonds is 1. The number of halogens is 1. The normalized spacial score (nSPS) is 11.2. The fourth-order valence-electron chi connectivity index (χ4n) is 2.55. The quantitative estimate of drug-likeness (QED) is 0.536. The number of hydrogen-bond acceptors (Lipinski definition) is 1. The fourth-order valence-corrected chi connectivity index (χ4v) is 2.55. The Balaban J connectivity index is 1.99. The number of H-pyrrole nitrogens is 1. The maximum absolute atomic E-state index is 13.7. The number of nitrogens with one attached hydrogen (secondary N) is 1. The van der Waals surface area contributed by atoms with Crippen molar-refractivity contribution in [3.05, 3.63) is 66.6 Å². The molecule has 0 unspecified atom stereocenters. The largest absolute Gasteiger partial charge is 0.358 e. The number of pyridine rings is 1. The molecule has 0 bridgehead atoms. The Morgan fingerprint density at radius 2 is 1.80 bits per heavy atom. The molecular formula is C17H11FN2. The molecule has 0 amide bonds. The van der Waals surface area contributed by atoms with Crippen LogP contribution in [0.2, 0.25) is 0 Å². The van der Waals surface area contributed by atoms with Crippen molar-refractivity contribution >= 4 is 21.8 Å². The van der Waals surface area contributed by atoms with Crippen LogP contribution in [0.4, 0.5) is 4.39 Å². The summed E-state index contributed by atoms with van der Waals surface area (Å²) < 4.78 is 13.7. The molecule has 0 aliphatic carbocycles. The van der Waals surface area contributed by atoms with Gasteiger partial charge in [0.15, 0.2) is 0 Å². The molecule has 0 fully saturated rings. The second-order valence-corrected chi connectivity index (χ2v) is 4.75. The smallest absolute Gasteiger partial charge is 0.147 e. The monoisotopic (exact) mass is 262 g/mol. The predicted octanol–water partition coefficient (Wildman–Crippen LogP) is 4.52. The van der Waals surface area contributed by atoms with E-state index in [0.717, 1.165) is 27.5 Å². The van der Waals surface area contributed by atoms with E-state index in [9.17, 15) is 4.39 Å². The molecule has 2 aromatic carbocycles. The second-order valence-electron chi connectivity index (χ2n) is 4.75. The second kappa shape index (κ2) is 4.17. The third-order valence-electron chi connectivity index (χ3n) is 3.54. The Morgan fingerprint density at radius 1 is 0.900 bits per heavy atom. The molecule has 1 N–H and O–H groups in total. The molecule has 4 rings (SSSR count). The number of benzene rings is 2. The number of fused-ring (bicyclic) bond motifs is 2. The van der Waals surface area contributed by atoms with Crippen LogP contribution in [0.1, 0.15) is 0 Å². The van der Waals surface area contributed by atoms with E-state index >= 15 is 0 Å². The van der Waals surface area contributed by atoms with Gasteiger partial charge in [0, 0.05) is 22.5 Å². The molecule has 0 radical (unpaired) electrons. The van der Waals surface area contributed by atoms with Crippen LogP contribution in [0.25, 0.3) is 33.1 Å². The fraction of sp³-hybridized carbons (Fsp3) is 0. The van der Waals surface area contributed by atoms with Gasteiger partial charge in [-0.25, -0.2) is 9.37 Å². The average Bonchev–Trinajstić information content (AvgIpc) is 2.92. The third-order valence-corrected chi connectivity index (χ3v) is 3.54. The zero-order valence-electron chi connectivity index (χ0n) is 10.6. The molecule has 2 nitrogen and oxygen atoms in total. The summed E-state index contributed by atoms with van der Waals surface area (Å²) in [5.41, 5.74) is 3.24. The van der Waals surface area contributed by atoms with E-state index in [1.807, 2.05) is 48.7 Å². The third kappa shape index (κ3) is 1.60. The summed E-state index contributed by atoms with van der Waals surface area (Å²) in [4.78, 5) is 7.64. The highest BCUT2D eigenvalue weighted by atomic mass is 19.1. The van der Waals surface area contributed by atoms with Gasteiger partial charge in [-0.05, 0) is 18.2 Å². The number of hydrogen-bond donors (Lipinski definition) is 1. The standard InChI is InChI=1S/C17H11FN2/c18-14-6-3-5-12-13(10-19-17(12)14)16-9-8-11-4-1-2-7-15(11)20-16/h1-10,19H. The van der Waals surface area contributed by atoms with Crippen molar-refractivity contribution in [1.82, 2.24) is 9.97 Å². The van der Waals surface area contributed by atoms with Crippen molar-refractivity contribution in [2.24, 2.45) is 0 Å². The van der Waals surface area contributed by atoms with Crippen molar-refractivity contribution in [3.63, 3.8) is 0 Å². The lowest BCUT2D eigenvalue weighted by molar-refractivity contribution is 0.637. The van der Waals surface area contributed by atoms with Crippen LogP contribution in [0, 0.1) is 5.82 Å². The van der Waals surface area contributed by atoms with Gasteiger partial charge in [0.2, 0.25) is 0 Å². The average molecular weight is 262 g/mol. The van der Waals surface area contributed by atoms with Gasteiger partial charge in [0.25, 0.3) is 0 Å². The maximum Gasteiger partial charge on any atom is 0.147 e. The van der Waals surface area contributed by atoms with E-state index in [1.165, 1.54) is 6.07 Å². The SMILES string of the molecule is Fc1cccc2c(-c3ccc4ccccc4n3)c[nH]c12. The molecule has 4 aromatic rings. The first kappa shape index (κ1) is 11.2. The Kier molecular flexibility index (Phi) is 2.33. The van der Waals surface area contributed by atoms with Gasteiger partial charge >= 0.3 is 0 Å². The first-order valence-electron chi connectivity index (χ1n) is 6.45. The van der Waals surface area contributed by atoms with Gasteiger partial charge in [-0.15, -0.1) is 0 Å². The first-order valence-corrected chi connectivity index (χ1v) is 6.45. The topological polar surface area (TPSA) is 28.7 Å². The summed E-state index contributed by atoms with van der Waals surface area (Å²) in [5.74, 6) is -0.241. The van der Waals surface area contributed by atoms with Gasteiger partial charge in [0.1, 0.15) is 5.82 Å². The highest BCUT2D eigenvalue weighted by Gasteiger charge is 2.10. The van der Waals surface area contributed by atoms with Crippen LogP contribution in [0.5, 0.6) is 0 Å². The summed E-state index contributed by atoms with van der Waals surface area (Å²) in [7, 11) is 0. The number of para-hydroxylation sites is 2. The molecule has 2 heterocycles. The first-order chi connectivity index (χ1) is 9.83. The Morgan fingerprint density at radius 3 is 2.75 bits per heavy atom. The lowest BCUT2D eigenvalue weighted by Crippen LogP contribution is -1.84. The molecule has 3 heteroatoms. The Labute approximate surface area is 114 Å². The molecule has 0 saturated heterocycles. The van der Waals surface area contributed by atoms with Crippen molar-refractivity contribution < 1.29 is 4.39 Å². The lowest BCUT2D eigenvalue weighted by atomic mass is 10.1. The summed E-state index contributed by atoms with van der Waals surface area (Å²) in [6.45, 7) is 0. The zero-order valence-corrected chi connectivity index (χ0v) is 10.6. The Hall–Kier alpha value is -2.68. The molecule has 20 heavy (non-hydrogen) atoms. The van der Waals surface area contributed by atoms with Crippen LogP contribution in [-0.4, -0.2) is 9.97 Å². The molecule has 0 atom stereocenters. The summed E-state index contributed by atoms with van der Waals surface area (Å²) in [5, 5.41) is 1.95. The molecule has 0 aliphatic heterocycles. The highest BCUT2D eigenvalue weighted by Crippen LogP contribution is 2.29. The van der Waals surface area contributed by atoms with E-state index in [4.69, 9.17) is 0 Å². The van der Waals surface area contributed by atoms with Gasteiger partial charge in [0.05, 0.1) is 16.7 Å². The van der Waals surface area contributed by atoms with E-state index < -0.39 is 0 Å². The van der Waals surface area contributed by atoms with Crippen LogP contribution >= 0.6 is 0 Å².